The van der Waals surface area contributed by atoms with Gasteiger partial charge in [-0.2, -0.15) is 0 Å². The van der Waals surface area contributed by atoms with Crippen molar-refractivity contribution in [2.45, 2.75) is 33.0 Å². The Morgan fingerprint density at radius 1 is 1.00 bits per heavy atom. The highest BCUT2D eigenvalue weighted by atomic mass is 32.1. The van der Waals surface area contributed by atoms with E-state index in [4.69, 9.17) is 9.47 Å². The number of benzene rings is 1. The largest absolute Gasteiger partial charge is 0.443 e. The van der Waals surface area contributed by atoms with Crippen molar-refractivity contribution in [1.82, 2.24) is 10.0 Å². The number of ether oxygens (including phenoxy) is 2. The first kappa shape index (κ1) is 23.3. The Morgan fingerprint density at radius 3 is 2.19 bits per heavy atom. The molecule has 0 radical (unpaired) electrons. The lowest BCUT2D eigenvalue weighted by molar-refractivity contribution is -0.380. The molecule has 1 fully saturated rings. The summed E-state index contributed by atoms with van der Waals surface area (Å²) in [5, 5.41) is 14.2. The summed E-state index contributed by atoms with van der Waals surface area (Å²) in [4.78, 5) is 38.2. The van der Waals surface area contributed by atoms with Crippen molar-refractivity contribution in [3.05, 3.63) is 58.1 Å². The molecule has 3 rings (SSSR count). The summed E-state index contributed by atoms with van der Waals surface area (Å²) in [7, 11) is 0. The summed E-state index contributed by atoms with van der Waals surface area (Å²) in [5.41, 5.74) is 0.0869. The van der Waals surface area contributed by atoms with E-state index in [0.29, 0.717) is 18.1 Å². The first-order valence-electron chi connectivity index (χ1n) is 10.1. The molecule has 0 saturated carbocycles. The second-order valence-electron chi connectivity index (χ2n) is 8.12. The van der Waals surface area contributed by atoms with Gasteiger partial charge in [-0.3, -0.25) is 10.1 Å². The Hall–Kier alpha value is -3.34. The van der Waals surface area contributed by atoms with E-state index >= 15 is 0 Å². The Kier molecular flexibility index (Phi) is 7.18. The molecule has 1 aromatic heterocycles. The third-order valence-corrected chi connectivity index (χ3v) is 5.64. The molecule has 32 heavy (non-hydrogen) atoms. The van der Waals surface area contributed by atoms with Crippen LogP contribution < -0.4 is 4.90 Å². The molecule has 0 atom stereocenters. The van der Waals surface area contributed by atoms with E-state index in [-0.39, 0.29) is 24.7 Å². The topological polar surface area (TPSA) is 105 Å². The summed E-state index contributed by atoms with van der Waals surface area (Å²) < 4.78 is 10.9. The fraction of sp³-hybridized carbons (Fsp3) is 0.429. The lowest BCUT2D eigenvalue weighted by Crippen LogP contribution is -2.52. The standard InChI is InChI=1S/C21H26N4O6S/c1-21(2,3)31-20(27)24-14-12-22(17-9-10-18(32-17)25(28)29)11-13-23(24)19(26)30-15-16-7-5-4-6-8-16/h4-10H,11-15H2,1-3H3. The van der Waals surface area contributed by atoms with E-state index in [1.165, 1.54) is 16.1 Å². The van der Waals surface area contributed by atoms with E-state index in [1.807, 2.05) is 35.2 Å². The third-order valence-electron chi connectivity index (χ3n) is 4.54. The average molecular weight is 463 g/mol. The zero-order valence-corrected chi connectivity index (χ0v) is 19.0. The molecule has 0 unspecified atom stereocenters. The number of nitro groups is 1. The van der Waals surface area contributed by atoms with Crippen LogP contribution in [0.2, 0.25) is 0 Å². The van der Waals surface area contributed by atoms with Gasteiger partial charge in [0.05, 0.1) is 23.0 Å². The van der Waals surface area contributed by atoms with Crippen LogP contribution in [0.4, 0.5) is 19.6 Å². The Balaban J connectivity index is 1.76. The van der Waals surface area contributed by atoms with E-state index < -0.39 is 22.7 Å². The van der Waals surface area contributed by atoms with Gasteiger partial charge in [0.15, 0.2) is 0 Å². The second-order valence-corrected chi connectivity index (χ2v) is 9.16. The van der Waals surface area contributed by atoms with E-state index in [9.17, 15) is 19.7 Å². The molecule has 2 heterocycles. The van der Waals surface area contributed by atoms with Gasteiger partial charge in [-0.05, 0) is 43.7 Å². The highest BCUT2D eigenvalue weighted by Crippen LogP contribution is 2.32. The van der Waals surface area contributed by atoms with Gasteiger partial charge in [0, 0.05) is 19.2 Å². The minimum absolute atomic E-state index is 0.0346. The van der Waals surface area contributed by atoms with Gasteiger partial charge < -0.3 is 14.4 Å². The van der Waals surface area contributed by atoms with Crippen molar-refractivity contribution in [3.63, 3.8) is 0 Å². The molecule has 2 amide bonds. The zero-order valence-electron chi connectivity index (χ0n) is 18.2. The molecular formula is C21H26N4O6S. The van der Waals surface area contributed by atoms with E-state index in [1.54, 1.807) is 26.8 Å². The number of thiophene rings is 1. The average Bonchev–Trinajstić information content (AvgIpc) is 3.12. The molecule has 0 spiro atoms. The van der Waals surface area contributed by atoms with E-state index in [0.717, 1.165) is 16.9 Å². The maximum absolute atomic E-state index is 12.9. The third kappa shape index (κ3) is 6.10. The molecule has 172 valence electrons. The monoisotopic (exact) mass is 462 g/mol. The highest BCUT2D eigenvalue weighted by Gasteiger charge is 2.34. The van der Waals surface area contributed by atoms with Gasteiger partial charge in [-0.15, -0.1) is 0 Å². The molecule has 0 aliphatic carbocycles. The molecule has 2 aromatic rings. The highest BCUT2D eigenvalue weighted by molar-refractivity contribution is 7.19. The van der Waals surface area contributed by atoms with Crippen molar-refractivity contribution in [2.75, 3.05) is 31.1 Å². The number of carbonyl (C=O) groups excluding carboxylic acids is 2. The number of hydrogen-bond acceptors (Lipinski definition) is 8. The Labute approximate surface area is 190 Å². The number of nitrogens with zero attached hydrogens (tertiary/aromatic N) is 4. The van der Waals surface area contributed by atoms with Gasteiger partial charge in [-0.25, -0.2) is 19.6 Å². The molecule has 11 heteroatoms. The minimum atomic E-state index is -0.739. The molecular weight excluding hydrogens is 436 g/mol. The summed E-state index contributed by atoms with van der Waals surface area (Å²) in [5.74, 6) is 0. The number of rotatable bonds is 4. The summed E-state index contributed by atoms with van der Waals surface area (Å²) in [6.45, 7) is 6.36. The smallest absolute Gasteiger partial charge is 0.429 e. The van der Waals surface area contributed by atoms with Gasteiger partial charge in [0.25, 0.3) is 0 Å². The van der Waals surface area contributed by atoms with Crippen LogP contribution in [0.3, 0.4) is 0 Å². The number of amides is 2. The number of hydrogen-bond donors (Lipinski definition) is 0. The van der Waals surface area contributed by atoms with Gasteiger partial charge in [-0.1, -0.05) is 30.3 Å². The van der Waals surface area contributed by atoms with Crippen LogP contribution in [0.25, 0.3) is 0 Å². The lowest BCUT2D eigenvalue weighted by Gasteiger charge is -2.33. The van der Waals surface area contributed by atoms with Crippen LogP contribution in [0.15, 0.2) is 42.5 Å². The minimum Gasteiger partial charge on any atom is -0.443 e. The lowest BCUT2D eigenvalue weighted by atomic mass is 10.2. The fourth-order valence-electron chi connectivity index (χ4n) is 3.08. The first-order valence-corrected chi connectivity index (χ1v) is 10.9. The SMILES string of the molecule is CC(C)(C)OC(=O)N1CCN(c2ccc([N+](=O)[O-])s2)CCN1C(=O)OCc1ccccc1. The quantitative estimate of drug-likeness (QED) is 0.493. The van der Waals surface area contributed by atoms with Crippen LogP contribution in [0.5, 0.6) is 0 Å². The molecule has 1 aromatic carbocycles. The molecule has 0 N–H and O–H groups in total. The van der Waals surface area contributed by atoms with Crippen molar-refractivity contribution < 1.29 is 24.0 Å². The Morgan fingerprint density at radius 2 is 1.62 bits per heavy atom. The van der Waals surface area contributed by atoms with Gasteiger partial charge in [0.1, 0.15) is 12.2 Å². The van der Waals surface area contributed by atoms with Crippen LogP contribution in [-0.2, 0) is 16.1 Å². The van der Waals surface area contributed by atoms with Crippen LogP contribution in [-0.4, -0.2) is 58.9 Å². The first-order chi connectivity index (χ1) is 15.1. The fourth-order valence-corrected chi connectivity index (χ4v) is 3.95. The van der Waals surface area contributed by atoms with Crippen molar-refractivity contribution in [3.8, 4) is 0 Å². The van der Waals surface area contributed by atoms with Crippen LogP contribution >= 0.6 is 11.3 Å². The van der Waals surface area contributed by atoms with Crippen LogP contribution in [0, 0.1) is 10.1 Å². The molecule has 1 aliphatic heterocycles. The summed E-state index contributed by atoms with van der Waals surface area (Å²) >= 11 is 1.05. The molecule has 1 saturated heterocycles. The van der Waals surface area contributed by atoms with Crippen LogP contribution in [0.1, 0.15) is 26.3 Å². The molecule has 10 nitrogen and oxygen atoms in total. The maximum Gasteiger partial charge on any atom is 0.429 e. The van der Waals surface area contributed by atoms with Crippen molar-refractivity contribution in [1.29, 1.82) is 0 Å². The maximum atomic E-state index is 12.9. The van der Waals surface area contributed by atoms with Gasteiger partial charge >= 0.3 is 17.2 Å². The number of carbonyl (C=O) groups is 2. The number of hydrazine groups is 1. The normalized spacial score (nSPS) is 14.7. The van der Waals surface area contributed by atoms with Gasteiger partial charge in [0.2, 0.25) is 0 Å². The molecule has 0 bridgehead atoms. The van der Waals surface area contributed by atoms with Crippen molar-refractivity contribution in [2.24, 2.45) is 0 Å². The Bertz CT molecular complexity index is 959. The van der Waals surface area contributed by atoms with Crippen molar-refractivity contribution >= 4 is 33.5 Å². The summed E-state index contributed by atoms with van der Waals surface area (Å²) in [6.07, 6.45) is -1.33. The number of anilines is 1. The molecule has 1 aliphatic rings. The predicted octanol–water partition coefficient (Wildman–Crippen LogP) is 4.27. The zero-order chi connectivity index (χ0) is 23.3. The van der Waals surface area contributed by atoms with E-state index in [2.05, 4.69) is 0 Å². The predicted molar refractivity (Wildman–Crippen MR) is 119 cm³/mol. The summed E-state index contributed by atoms with van der Waals surface area (Å²) in [6, 6.07) is 12.4. The second kappa shape index (κ2) is 9.86.